The van der Waals surface area contributed by atoms with Crippen molar-refractivity contribution < 1.29 is 23.7 Å². The molecular formula is C9H16O5. The van der Waals surface area contributed by atoms with Gasteiger partial charge in [0.1, 0.15) is 0 Å². The van der Waals surface area contributed by atoms with Gasteiger partial charge in [-0.15, -0.1) is 0 Å². The first-order chi connectivity index (χ1) is 6.76. The Labute approximate surface area is 83.3 Å². The van der Waals surface area contributed by atoms with Gasteiger partial charge in [-0.05, 0) is 13.3 Å². The maximum atomic E-state index is 10.9. The summed E-state index contributed by atoms with van der Waals surface area (Å²) in [4.78, 5) is 10.9. The van der Waals surface area contributed by atoms with Crippen molar-refractivity contribution in [1.82, 2.24) is 0 Å². The molecule has 5 nitrogen and oxygen atoms in total. The van der Waals surface area contributed by atoms with E-state index in [1.165, 1.54) is 0 Å². The molecule has 0 bridgehead atoms. The van der Waals surface area contributed by atoms with Gasteiger partial charge in [-0.3, -0.25) is 0 Å². The van der Waals surface area contributed by atoms with E-state index in [1.807, 2.05) is 6.92 Å². The van der Waals surface area contributed by atoms with E-state index in [2.05, 4.69) is 4.74 Å². The highest BCUT2D eigenvalue weighted by molar-refractivity contribution is 5.60. The molecule has 14 heavy (non-hydrogen) atoms. The van der Waals surface area contributed by atoms with E-state index in [9.17, 15) is 4.79 Å². The SMILES string of the molecule is CCOC(=O)OC1COC(CC)OC1. The number of hydrogen-bond donors (Lipinski definition) is 0. The first kappa shape index (κ1) is 11.3. The van der Waals surface area contributed by atoms with Crippen LogP contribution in [0.1, 0.15) is 20.3 Å². The third-order valence-corrected chi connectivity index (χ3v) is 1.79. The van der Waals surface area contributed by atoms with Gasteiger partial charge in [0.15, 0.2) is 12.4 Å². The molecule has 0 atom stereocenters. The highest BCUT2D eigenvalue weighted by atomic mass is 16.8. The van der Waals surface area contributed by atoms with Crippen molar-refractivity contribution >= 4 is 6.16 Å². The van der Waals surface area contributed by atoms with Crippen LogP contribution in [0, 0.1) is 0 Å². The quantitative estimate of drug-likeness (QED) is 0.649. The molecule has 0 saturated carbocycles. The number of hydrogen-bond acceptors (Lipinski definition) is 5. The summed E-state index contributed by atoms with van der Waals surface area (Å²) in [5.74, 6) is 0. The average molecular weight is 204 g/mol. The van der Waals surface area contributed by atoms with Gasteiger partial charge in [-0.1, -0.05) is 6.92 Å². The molecule has 0 aromatic rings. The summed E-state index contributed by atoms with van der Waals surface area (Å²) in [6, 6.07) is 0. The summed E-state index contributed by atoms with van der Waals surface area (Å²) in [5, 5.41) is 0. The predicted molar refractivity (Wildman–Crippen MR) is 47.9 cm³/mol. The summed E-state index contributed by atoms with van der Waals surface area (Å²) < 4.78 is 20.1. The molecule has 0 aromatic carbocycles. The van der Waals surface area contributed by atoms with Gasteiger partial charge < -0.3 is 18.9 Å². The van der Waals surface area contributed by atoms with Gasteiger partial charge in [0.05, 0.1) is 19.8 Å². The van der Waals surface area contributed by atoms with Crippen molar-refractivity contribution in [3.63, 3.8) is 0 Å². The van der Waals surface area contributed by atoms with Crippen LogP contribution in [0.3, 0.4) is 0 Å². The van der Waals surface area contributed by atoms with Gasteiger partial charge in [0.25, 0.3) is 0 Å². The van der Waals surface area contributed by atoms with Crippen molar-refractivity contribution in [2.75, 3.05) is 19.8 Å². The molecule has 0 unspecified atom stereocenters. The second-order valence-electron chi connectivity index (χ2n) is 2.93. The molecule has 0 spiro atoms. The molecule has 0 radical (unpaired) electrons. The molecule has 0 aliphatic carbocycles. The van der Waals surface area contributed by atoms with E-state index in [-0.39, 0.29) is 12.4 Å². The standard InChI is InChI=1S/C9H16O5/c1-3-8-12-5-7(6-13-8)14-9(10)11-4-2/h7-8H,3-6H2,1-2H3. The Morgan fingerprint density at radius 1 is 1.36 bits per heavy atom. The van der Waals surface area contributed by atoms with Gasteiger partial charge in [0, 0.05) is 0 Å². The highest BCUT2D eigenvalue weighted by Crippen LogP contribution is 2.11. The highest BCUT2D eigenvalue weighted by Gasteiger charge is 2.24. The zero-order valence-corrected chi connectivity index (χ0v) is 8.52. The van der Waals surface area contributed by atoms with E-state index < -0.39 is 6.16 Å². The minimum atomic E-state index is -0.667. The first-order valence-corrected chi connectivity index (χ1v) is 4.82. The predicted octanol–water partition coefficient (Wildman–Crippen LogP) is 1.31. The Bertz CT molecular complexity index is 174. The number of rotatable bonds is 3. The van der Waals surface area contributed by atoms with Crippen LogP contribution in [-0.2, 0) is 18.9 Å². The summed E-state index contributed by atoms with van der Waals surface area (Å²) in [6.07, 6.45) is -0.389. The Morgan fingerprint density at radius 3 is 2.50 bits per heavy atom. The number of carbonyl (C=O) groups is 1. The van der Waals surface area contributed by atoms with Gasteiger partial charge in [-0.25, -0.2) is 4.79 Å². The van der Waals surface area contributed by atoms with Gasteiger partial charge in [-0.2, -0.15) is 0 Å². The minimum absolute atomic E-state index is 0.169. The smallest absolute Gasteiger partial charge is 0.435 e. The molecular weight excluding hydrogens is 188 g/mol. The molecule has 0 amide bonds. The molecule has 5 heteroatoms. The fraction of sp³-hybridized carbons (Fsp3) is 0.889. The lowest BCUT2D eigenvalue weighted by Crippen LogP contribution is -2.38. The van der Waals surface area contributed by atoms with Gasteiger partial charge >= 0.3 is 6.16 Å². The molecule has 1 rings (SSSR count). The topological polar surface area (TPSA) is 54.0 Å². The van der Waals surface area contributed by atoms with Crippen LogP contribution in [0.4, 0.5) is 4.79 Å². The summed E-state index contributed by atoms with van der Waals surface area (Å²) in [5.41, 5.74) is 0. The Balaban J connectivity index is 2.18. The van der Waals surface area contributed by atoms with E-state index >= 15 is 0 Å². The third kappa shape index (κ3) is 3.51. The van der Waals surface area contributed by atoms with E-state index in [1.54, 1.807) is 6.92 Å². The average Bonchev–Trinajstić information content (AvgIpc) is 2.19. The largest absolute Gasteiger partial charge is 0.508 e. The molecule has 1 aliphatic rings. The second-order valence-corrected chi connectivity index (χ2v) is 2.93. The number of ether oxygens (including phenoxy) is 4. The van der Waals surface area contributed by atoms with Crippen LogP contribution in [0.2, 0.25) is 0 Å². The Morgan fingerprint density at radius 2 is 2.00 bits per heavy atom. The Kier molecular flexibility index (Phi) is 4.69. The zero-order chi connectivity index (χ0) is 10.4. The minimum Gasteiger partial charge on any atom is -0.435 e. The molecule has 82 valence electrons. The molecule has 0 N–H and O–H groups in total. The monoisotopic (exact) mass is 204 g/mol. The molecule has 1 fully saturated rings. The second kappa shape index (κ2) is 5.82. The fourth-order valence-corrected chi connectivity index (χ4v) is 1.12. The maximum Gasteiger partial charge on any atom is 0.508 e. The summed E-state index contributed by atoms with van der Waals surface area (Å²) in [7, 11) is 0. The van der Waals surface area contributed by atoms with Crippen LogP contribution in [0.25, 0.3) is 0 Å². The van der Waals surface area contributed by atoms with Crippen molar-refractivity contribution in [3.05, 3.63) is 0 Å². The molecule has 1 heterocycles. The van der Waals surface area contributed by atoms with Crippen LogP contribution in [-0.4, -0.2) is 38.4 Å². The lowest BCUT2D eigenvalue weighted by Gasteiger charge is -2.27. The lowest BCUT2D eigenvalue weighted by molar-refractivity contribution is -0.219. The number of carbonyl (C=O) groups excluding carboxylic acids is 1. The van der Waals surface area contributed by atoms with Crippen molar-refractivity contribution in [2.45, 2.75) is 32.7 Å². The van der Waals surface area contributed by atoms with Crippen molar-refractivity contribution in [2.24, 2.45) is 0 Å². The zero-order valence-electron chi connectivity index (χ0n) is 8.52. The molecule has 1 saturated heterocycles. The molecule has 0 aromatic heterocycles. The lowest BCUT2D eigenvalue weighted by atomic mass is 10.3. The van der Waals surface area contributed by atoms with Crippen LogP contribution in [0.15, 0.2) is 0 Å². The first-order valence-electron chi connectivity index (χ1n) is 4.82. The normalized spacial score (nSPS) is 27.0. The molecule has 1 aliphatic heterocycles. The van der Waals surface area contributed by atoms with Gasteiger partial charge in [0.2, 0.25) is 0 Å². The van der Waals surface area contributed by atoms with Crippen molar-refractivity contribution in [3.8, 4) is 0 Å². The van der Waals surface area contributed by atoms with Crippen LogP contribution in [0.5, 0.6) is 0 Å². The summed E-state index contributed by atoms with van der Waals surface area (Å²) >= 11 is 0. The Hall–Kier alpha value is -0.810. The third-order valence-electron chi connectivity index (χ3n) is 1.79. The van der Waals surface area contributed by atoms with E-state index in [0.29, 0.717) is 19.8 Å². The maximum absolute atomic E-state index is 10.9. The van der Waals surface area contributed by atoms with Crippen LogP contribution >= 0.6 is 0 Å². The van der Waals surface area contributed by atoms with Crippen LogP contribution < -0.4 is 0 Å². The fourth-order valence-electron chi connectivity index (χ4n) is 1.12. The van der Waals surface area contributed by atoms with Crippen molar-refractivity contribution in [1.29, 1.82) is 0 Å². The summed E-state index contributed by atoms with van der Waals surface area (Å²) in [6.45, 7) is 4.75. The van der Waals surface area contributed by atoms with E-state index in [4.69, 9.17) is 14.2 Å². The van der Waals surface area contributed by atoms with E-state index in [0.717, 1.165) is 6.42 Å².